The van der Waals surface area contributed by atoms with Gasteiger partial charge in [0.1, 0.15) is 17.0 Å². The van der Waals surface area contributed by atoms with Crippen LogP contribution in [0.4, 0.5) is 4.39 Å². The molecule has 3 aromatic carbocycles. The second kappa shape index (κ2) is 9.95. The van der Waals surface area contributed by atoms with Gasteiger partial charge >= 0.3 is 0 Å². The van der Waals surface area contributed by atoms with E-state index in [0.29, 0.717) is 34.4 Å². The molecule has 5 nitrogen and oxygen atoms in total. The van der Waals surface area contributed by atoms with Gasteiger partial charge in [-0.15, -0.1) is 11.6 Å². The maximum absolute atomic E-state index is 13.9. The number of benzene rings is 3. The molecule has 0 aliphatic carbocycles. The number of para-hydroxylation sites is 1. The first-order chi connectivity index (χ1) is 16.3. The van der Waals surface area contributed by atoms with Crippen molar-refractivity contribution in [2.75, 3.05) is 7.05 Å². The van der Waals surface area contributed by atoms with Gasteiger partial charge in [-0.05, 0) is 42.3 Å². The van der Waals surface area contributed by atoms with Gasteiger partial charge in [-0.1, -0.05) is 61.0 Å². The van der Waals surface area contributed by atoms with E-state index in [9.17, 15) is 14.0 Å². The van der Waals surface area contributed by atoms with Crippen molar-refractivity contribution in [1.82, 2.24) is 14.5 Å². The van der Waals surface area contributed by atoms with Gasteiger partial charge in [-0.25, -0.2) is 9.37 Å². The minimum absolute atomic E-state index is 0.120. The standard InChI is InChI=1S/C26H22Cl2FN3O2/c1-3-22(31(2)26(34)23(28)16-9-5-4-6-10-16)24-30-21-12-8-7-11-18(21)25(33)32(24)17-13-14-20(29)19(27)15-17/h4-15,22-23H,3H2,1-2H3. The van der Waals surface area contributed by atoms with Crippen molar-refractivity contribution < 1.29 is 9.18 Å². The molecule has 0 fully saturated rings. The van der Waals surface area contributed by atoms with Gasteiger partial charge in [0.25, 0.3) is 5.56 Å². The Labute approximate surface area is 206 Å². The first-order valence-corrected chi connectivity index (χ1v) is 11.6. The zero-order valence-corrected chi connectivity index (χ0v) is 20.1. The third-order valence-corrected chi connectivity index (χ3v) is 6.50. The van der Waals surface area contributed by atoms with Crippen molar-refractivity contribution >= 4 is 40.0 Å². The van der Waals surface area contributed by atoms with Crippen LogP contribution in [0, 0.1) is 5.82 Å². The van der Waals surface area contributed by atoms with Crippen LogP contribution in [0.1, 0.15) is 36.2 Å². The molecule has 4 aromatic rings. The van der Waals surface area contributed by atoms with Gasteiger partial charge in [0, 0.05) is 7.05 Å². The summed E-state index contributed by atoms with van der Waals surface area (Å²) in [6.45, 7) is 1.89. The van der Waals surface area contributed by atoms with Crippen molar-refractivity contribution in [2.24, 2.45) is 0 Å². The lowest BCUT2D eigenvalue weighted by atomic mass is 10.1. The summed E-state index contributed by atoms with van der Waals surface area (Å²) >= 11 is 12.6. The Morgan fingerprint density at radius 2 is 1.76 bits per heavy atom. The largest absolute Gasteiger partial charge is 0.334 e. The first kappa shape index (κ1) is 23.9. The number of nitrogens with zero attached hydrogens (tertiary/aromatic N) is 3. The number of hydrogen-bond donors (Lipinski definition) is 0. The lowest BCUT2D eigenvalue weighted by Crippen LogP contribution is -2.37. The van der Waals surface area contributed by atoms with Crippen LogP contribution in [-0.4, -0.2) is 27.4 Å². The summed E-state index contributed by atoms with van der Waals surface area (Å²) in [7, 11) is 1.64. The van der Waals surface area contributed by atoms with Gasteiger partial charge in [0.2, 0.25) is 5.91 Å². The van der Waals surface area contributed by atoms with Crippen LogP contribution in [0.25, 0.3) is 16.6 Å². The van der Waals surface area contributed by atoms with Gasteiger partial charge in [-0.2, -0.15) is 0 Å². The number of carbonyl (C=O) groups is 1. The summed E-state index contributed by atoms with van der Waals surface area (Å²) in [5.74, 6) is -0.589. The quantitative estimate of drug-likeness (QED) is 0.304. The van der Waals surface area contributed by atoms with Gasteiger partial charge in [-0.3, -0.25) is 14.2 Å². The SMILES string of the molecule is CCC(c1nc2ccccc2c(=O)n1-c1ccc(F)c(Cl)c1)N(C)C(=O)C(Cl)c1ccccc1. The lowest BCUT2D eigenvalue weighted by Gasteiger charge is -2.30. The predicted molar refractivity (Wildman–Crippen MR) is 133 cm³/mol. The fraction of sp³-hybridized carbons (Fsp3) is 0.192. The van der Waals surface area contributed by atoms with E-state index < -0.39 is 17.2 Å². The molecule has 0 aliphatic heterocycles. The highest BCUT2D eigenvalue weighted by molar-refractivity contribution is 6.31. The number of aromatic nitrogens is 2. The van der Waals surface area contributed by atoms with Crippen molar-refractivity contribution in [2.45, 2.75) is 24.8 Å². The summed E-state index contributed by atoms with van der Waals surface area (Å²) in [4.78, 5) is 33.2. The van der Waals surface area contributed by atoms with E-state index in [-0.39, 0.29) is 16.5 Å². The molecule has 2 atom stereocenters. The number of hydrogen-bond acceptors (Lipinski definition) is 3. The van der Waals surface area contributed by atoms with E-state index in [1.165, 1.54) is 27.7 Å². The molecule has 0 bridgehead atoms. The van der Waals surface area contributed by atoms with E-state index in [1.807, 2.05) is 25.1 Å². The minimum Gasteiger partial charge on any atom is -0.334 e. The van der Waals surface area contributed by atoms with Crippen molar-refractivity contribution in [3.63, 3.8) is 0 Å². The van der Waals surface area contributed by atoms with E-state index in [1.54, 1.807) is 43.4 Å². The van der Waals surface area contributed by atoms with Gasteiger partial charge in [0.15, 0.2) is 0 Å². The normalized spacial score (nSPS) is 13.0. The Morgan fingerprint density at radius 1 is 1.09 bits per heavy atom. The second-order valence-electron chi connectivity index (χ2n) is 7.87. The molecule has 8 heteroatoms. The highest BCUT2D eigenvalue weighted by Crippen LogP contribution is 2.30. The third kappa shape index (κ3) is 4.43. The zero-order valence-electron chi connectivity index (χ0n) is 18.6. The van der Waals surface area contributed by atoms with Gasteiger partial charge < -0.3 is 4.90 Å². The van der Waals surface area contributed by atoms with Crippen LogP contribution in [0.2, 0.25) is 5.02 Å². The molecule has 0 radical (unpaired) electrons. The van der Waals surface area contributed by atoms with Crippen molar-refractivity contribution in [3.05, 3.63) is 105 Å². The monoisotopic (exact) mass is 497 g/mol. The first-order valence-electron chi connectivity index (χ1n) is 10.8. The molecule has 34 heavy (non-hydrogen) atoms. The number of amides is 1. The molecule has 0 saturated carbocycles. The molecule has 4 rings (SSSR count). The molecule has 0 N–H and O–H groups in total. The Balaban J connectivity index is 1.88. The van der Waals surface area contributed by atoms with E-state index in [4.69, 9.17) is 28.2 Å². The van der Waals surface area contributed by atoms with Crippen LogP contribution < -0.4 is 5.56 Å². The van der Waals surface area contributed by atoms with Crippen LogP contribution in [0.15, 0.2) is 77.6 Å². The maximum Gasteiger partial charge on any atom is 0.266 e. The van der Waals surface area contributed by atoms with Crippen LogP contribution >= 0.6 is 23.2 Å². The highest BCUT2D eigenvalue weighted by Gasteiger charge is 2.30. The van der Waals surface area contributed by atoms with E-state index >= 15 is 0 Å². The summed E-state index contributed by atoms with van der Waals surface area (Å²) in [6.07, 6.45) is 0.459. The lowest BCUT2D eigenvalue weighted by molar-refractivity contribution is -0.132. The maximum atomic E-state index is 13.9. The summed E-state index contributed by atoms with van der Waals surface area (Å²) in [6, 6.07) is 19.5. The molecule has 1 aromatic heterocycles. The smallest absolute Gasteiger partial charge is 0.266 e. The molecule has 2 unspecified atom stereocenters. The van der Waals surface area contributed by atoms with Crippen LogP contribution in [0.5, 0.6) is 0 Å². The van der Waals surface area contributed by atoms with Crippen molar-refractivity contribution in [3.8, 4) is 5.69 Å². The molecule has 0 aliphatic rings. The fourth-order valence-corrected chi connectivity index (χ4v) is 4.45. The zero-order chi connectivity index (χ0) is 24.4. The number of rotatable bonds is 6. The van der Waals surface area contributed by atoms with Crippen LogP contribution in [0.3, 0.4) is 0 Å². The number of fused-ring (bicyclic) bond motifs is 1. The molecule has 0 spiro atoms. The molecule has 174 valence electrons. The van der Waals surface area contributed by atoms with Crippen molar-refractivity contribution in [1.29, 1.82) is 0 Å². The summed E-state index contributed by atoms with van der Waals surface area (Å²) in [5.41, 5.74) is 1.18. The topological polar surface area (TPSA) is 55.2 Å². The highest BCUT2D eigenvalue weighted by atomic mass is 35.5. The summed E-state index contributed by atoms with van der Waals surface area (Å²) in [5, 5.41) is -0.623. The number of halogens is 3. The van der Waals surface area contributed by atoms with Crippen LogP contribution in [-0.2, 0) is 4.79 Å². The van der Waals surface area contributed by atoms with Gasteiger partial charge in [0.05, 0.1) is 27.7 Å². The molecular formula is C26H22Cl2FN3O2. The van der Waals surface area contributed by atoms with E-state index in [0.717, 1.165) is 0 Å². The molecule has 1 heterocycles. The third-order valence-electron chi connectivity index (χ3n) is 5.77. The second-order valence-corrected chi connectivity index (χ2v) is 8.72. The Bertz CT molecular complexity index is 1410. The number of likely N-dealkylation sites (N-methyl/N-ethyl adjacent to an activating group) is 1. The Hall–Kier alpha value is -3.22. The Morgan fingerprint density at radius 3 is 2.44 bits per heavy atom. The number of carbonyl (C=O) groups excluding carboxylic acids is 1. The van der Waals surface area contributed by atoms with E-state index in [2.05, 4.69) is 0 Å². The fourth-order valence-electron chi connectivity index (χ4n) is 3.97. The molecular weight excluding hydrogens is 476 g/mol. The average Bonchev–Trinajstić information content (AvgIpc) is 2.86. The predicted octanol–water partition coefficient (Wildman–Crippen LogP) is 6.07. The summed E-state index contributed by atoms with van der Waals surface area (Å²) < 4.78 is 15.3. The minimum atomic E-state index is -0.902. The number of alkyl halides is 1. The molecule has 0 saturated heterocycles. The average molecular weight is 498 g/mol. The molecule has 1 amide bonds. The Kier molecular flexibility index (Phi) is 7.00.